The van der Waals surface area contributed by atoms with Gasteiger partial charge in [-0.3, -0.25) is 0 Å². The summed E-state index contributed by atoms with van der Waals surface area (Å²) in [4.78, 5) is 0. The molecule has 4 heteroatoms. The molecule has 1 aromatic carbocycles. The number of morpholine rings is 1. The summed E-state index contributed by atoms with van der Waals surface area (Å²) < 4.78 is 16.9. The van der Waals surface area contributed by atoms with Gasteiger partial charge in [0.2, 0.25) is 0 Å². The topological polar surface area (TPSA) is 39.7 Å². The highest BCUT2D eigenvalue weighted by atomic mass is 16.5. The SMILES string of the molecule is COc1ccccc1C1(C2CNCCO2)COC1. The number of benzene rings is 1. The zero-order valence-corrected chi connectivity index (χ0v) is 10.6. The standard InChI is InChI=1S/C14H19NO3/c1-16-12-5-3-2-4-11(12)14(9-17-10-14)13-8-15-6-7-18-13/h2-5,13,15H,6-10H2,1H3. The van der Waals surface area contributed by atoms with Gasteiger partial charge in [0.15, 0.2) is 0 Å². The summed E-state index contributed by atoms with van der Waals surface area (Å²) in [6.07, 6.45) is 0.163. The molecule has 98 valence electrons. The predicted molar refractivity (Wildman–Crippen MR) is 68.1 cm³/mol. The maximum atomic E-state index is 5.94. The summed E-state index contributed by atoms with van der Waals surface area (Å²) in [5.41, 5.74) is 1.15. The van der Waals surface area contributed by atoms with E-state index in [-0.39, 0.29) is 11.5 Å². The molecule has 2 saturated heterocycles. The van der Waals surface area contributed by atoms with Gasteiger partial charge in [-0.2, -0.15) is 0 Å². The first-order chi connectivity index (χ1) is 8.87. The monoisotopic (exact) mass is 249 g/mol. The minimum Gasteiger partial charge on any atom is -0.496 e. The summed E-state index contributed by atoms with van der Waals surface area (Å²) in [5, 5.41) is 3.39. The number of methoxy groups -OCH3 is 1. The Morgan fingerprint density at radius 2 is 2.17 bits per heavy atom. The lowest BCUT2D eigenvalue weighted by Crippen LogP contribution is -2.61. The van der Waals surface area contributed by atoms with E-state index in [4.69, 9.17) is 14.2 Å². The van der Waals surface area contributed by atoms with Crippen molar-refractivity contribution in [1.82, 2.24) is 5.32 Å². The van der Waals surface area contributed by atoms with E-state index < -0.39 is 0 Å². The molecule has 3 rings (SSSR count). The summed E-state index contributed by atoms with van der Waals surface area (Å²) >= 11 is 0. The van der Waals surface area contributed by atoms with Gasteiger partial charge in [-0.05, 0) is 6.07 Å². The Morgan fingerprint density at radius 3 is 2.78 bits per heavy atom. The van der Waals surface area contributed by atoms with E-state index >= 15 is 0 Å². The Bertz CT molecular complexity index is 411. The molecule has 0 aliphatic carbocycles. The van der Waals surface area contributed by atoms with Crippen molar-refractivity contribution in [2.24, 2.45) is 0 Å². The van der Waals surface area contributed by atoms with Crippen LogP contribution in [0.5, 0.6) is 5.75 Å². The molecule has 2 fully saturated rings. The van der Waals surface area contributed by atoms with Gasteiger partial charge in [0.25, 0.3) is 0 Å². The highest BCUT2D eigenvalue weighted by Gasteiger charge is 2.49. The predicted octanol–water partition coefficient (Wildman–Crippen LogP) is 0.952. The second kappa shape index (κ2) is 4.88. The second-order valence-corrected chi connectivity index (χ2v) is 4.91. The smallest absolute Gasteiger partial charge is 0.122 e. The molecule has 0 radical (unpaired) electrons. The molecular formula is C14H19NO3. The van der Waals surface area contributed by atoms with Crippen LogP contribution >= 0.6 is 0 Å². The molecule has 0 bridgehead atoms. The van der Waals surface area contributed by atoms with Gasteiger partial charge in [-0.15, -0.1) is 0 Å². The maximum Gasteiger partial charge on any atom is 0.122 e. The average Bonchev–Trinajstić information content (AvgIpc) is 2.39. The summed E-state index contributed by atoms with van der Waals surface area (Å²) in [5.74, 6) is 0.926. The lowest BCUT2D eigenvalue weighted by molar-refractivity contribution is -0.146. The minimum atomic E-state index is -0.0555. The van der Waals surface area contributed by atoms with Crippen molar-refractivity contribution in [2.45, 2.75) is 11.5 Å². The molecule has 0 spiro atoms. The van der Waals surface area contributed by atoms with Crippen molar-refractivity contribution in [1.29, 1.82) is 0 Å². The molecule has 0 saturated carbocycles. The van der Waals surface area contributed by atoms with Gasteiger partial charge < -0.3 is 19.5 Å². The molecule has 2 aliphatic heterocycles. The van der Waals surface area contributed by atoms with Crippen LogP contribution in [0.25, 0.3) is 0 Å². The third-order valence-electron chi connectivity index (χ3n) is 3.91. The highest BCUT2D eigenvalue weighted by Crippen LogP contribution is 2.42. The number of hydrogen-bond acceptors (Lipinski definition) is 4. The van der Waals surface area contributed by atoms with Crippen LogP contribution in [0.15, 0.2) is 24.3 Å². The van der Waals surface area contributed by atoms with Crippen LogP contribution in [0.3, 0.4) is 0 Å². The molecule has 1 aromatic rings. The first-order valence-corrected chi connectivity index (χ1v) is 6.40. The Hall–Kier alpha value is -1.10. The molecule has 2 heterocycles. The average molecular weight is 249 g/mol. The number of para-hydroxylation sites is 1. The van der Waals surface area contributed by atoms with Crippen molar-refractivity contribution >= 4 is 0 Å². The largest absolute Gasteiger partial charge is 0.496 e. The lowest BCUT2D eigenvalue weighted by Gasteiger charge is -2.48. The Labute approximate surface area is 107 Å². The number of nitrogens with one attached hydrogen (secondary N) is 1. The fourth-order valence-electron chi connectivity index (χ4n) is 2.81. The van der Waals surface area contributed by atoms with Crippen LogP contribution < -0.4 is 10.1 Å². The van der Waals surface area contributed by atoms with Crippen LogP contribution in [0.4, 0.5) is 0 Å². The van der Waals surface area contributed by atoms with Gasteiger partial charge in [-0.1, -0.05) is 18.2 Å². The van der Waals surface area contributed by atoms with Crippen LogP contribution in [0.2, 0.25) is 0 Å². The maximum absolute atomic E-state index is 5.94. The summed E-state index contributed by atoms with van der Waals surface area (Å²) in [7, 11) is 1.71. The number of ether oxygens (including phenoxy) is 3. The van der Waals surface area contributed by atoms with E-state index in [0.29, 0.717) is 13.2 Å². The third kappa shape index (κ3) is 1.81. The van der Waals surface area contributed by atoms with Gasteiger partial charge in [0, 0.05) is 18.7 Å². The fourth-order valence-corrected chi connectivity index (χ4v) is 2.81. The first kappa shape index (κ1) is 12.0. The van der Waals surface area contributed by atoms with Gasteiger partial charge in [0.1, 0.15) is 5.75 Å². The van der Waals surface area contributed by atoms with Crippen LogP contribution in [0.1, 0.15) is 5.56 Å². The van der Waals surface area contributed by atoms with Crippen molar-refractivity contribution in [3.05, 3.63) is 29.8 Å². The fraction of sp³-hybridized carbons (Fsp3) is 0.571. The van der Waals surface area contributed by atoms with E-state index in [2.05, 4.69) is 11.4 Å². The molecule has 1 atom stereocenters. The summed E-state index contributed by atoms with van der Waals surface area (Å²) in [6.45, 7) is 3.99. The van der Waals surface area contributed by atoms with Gasteiger partial charge in [0.05, 0.1) is 38.4 Å². The molecular weight excluding hydrogens is 230 g/mol. The molecule has 2 aliphatic rings. The van der Waals surface area contributed by atoms with Crippen LogP contribution in [-0.4, -0.2) is 46.1 Å². The van der Waals surface area contributed by atoms with Gasteiger partial charge >= 0.3 is 0 Å². The van der Waals surface area contributed by atoms with E-state index in [1.807, 2.05) is 18.2 Å². The normalized spacial score (nSPS) is 26.4. The van der Waals surface area contributed by atoms with Crippen molar-refractivity contribution in [3.8, 4) is 5.75 Å². The molecule has 1 unspecified atom stereocenters. The van der Waals surface area contributed by atoms with Crippen LogP contribution in [0, 0.1) is 0 Å². The van der Waals surface area contributed by atoms with Crippen molar-refractivity contribution in [3.63, 3.8) is 0 Å². The van der Waals surface area contributed by atoms with Gasteiger partial charge in [-0.25, -0.2) is 0 Å². The molecule has 1 N–H and O–H groups in total. The highest BCUT2D eigenvalue weighted by molar-refractivity contribution is 5.42. The number of hydrogen-bond donors (Lipinski definition) is 1. The molecule has 0 aromatic heterocycles. The Balaban J connectivity index is 1.94. The lowest BCUT2D eigenvalue weighted by atomic mass is 9.73. The number of rotatable bonds is 3. The zero-order chi connectivity index (χ0) is 12.4. The first-order valence-electron chi connectivity index (χ1n) is 6.40. The van der Waals surface area contributed by atoms with E-state index in [1.165, 1.54) is 5.56 Å². The van der Waals surface area contributed by atoms with E-state index in [9.17, 15) is 0 Å². The minimum absolute atomic E-state index is 0.0555. The van der Waals surface area contributed by atoms with E-state index in [0.717, 1.165) is 25.4 Å². The summed E-state index contributed by atoms with van der Waals surface area (Å²) in [6, 6.07) is 8.18. The Kier molecular flexibility index (Phi) is 3.24. The van der Waals surface area contributed by atoms with E-state index in [1.54, 1.807) is 7.11 Å². The third-order valence-corrected chi connectivity index (χ3v) is 3.91. The zero-order valence-electron chi connectivity index (χ0n) is 10.6. The molecule has 4 nitrogen and oxygen atoms in total. The van der Waals surface area contributed by atoms with Crippen LogP contribution in [-0.2, 0) is 14.9 Å². The second-order valence-electron chi connectivity index (χ2n) is 4.91. The van der Waals surface area contributed by atoms with Crippen molar-refractivity contribution in [2.75, 3.05) is 40.0 Å². The quantitative estimate of drug-likeness (QED) is 0.866. The van der Waals surface area contributed by atoms with Crippen molar-refractivity contribution < 1.29 is 14.2 Å². The molecule has 0 amide bonds. The molecule has 18 heavy (non-hydrogen) atoms. The Morgan fingerprint density at radius 1 is 1.33 bits per heavy atom.